The van der Waals surface area contributed by atoms with Gasteiger partial charge in [-0.2, -0.15) is 5.10 Å². The number of ether oxygens (including phenoxy) is 1. The predicted octanol–water partition coefficient (Wildman–Crippen LogP) is 0.189. The second-order valence-electron chi connectivity index (χ2n) is 6.73. The van der Waals surface area contributed by atoms with E-state index in [-0.39, 0.29) is 30.4 Å². The van der Waals surface area contributed by atoms with Crippen molar-refractivity contribution in [2.75, 3.05) is 40.5 Å². The number of rotatable bonds is 7. The van der Waals surface area contributed by atoms with Crippen molar-refractivity contribution in [1.29, 1.82) is 0 Å². The first kappa shape index (κ1) is 19.4. The third kappa shape index (κ3) is 4.58. The predicted molar refractivity (Wildman–Crippen MR) is 92.2 cm³/mol. The molecule has 0 aromatic carbocycles. The Kier molecular flexibility index (Phi) is 6.55. The van der Waals surface area contributed by atoms with Crippen molar-refractivity contribution in [2.45, 2.75) is 32.7 Å². The quantitative estimate of drug-likeness (QED) is 0.730. The van der Waals surface area contributed by atoms with Gasteiger partial charge in [-0.3, -0.25) is 14.3 Å². The maximum absolute atomic E-state index is 12.8. The lowest BCUT2D eigenvalue weighted by Crippen LogP contribution is -2.48. The summed E-state index contributed by atoms with van der Waals surface area (Å²) < 4.78 is 6.68. The second kappa shape index (κ2) is 8.44. The Hall–Kier alpha value is -1.93. The monoisotopic (exact) mass is 352 g/mol. The number of nitrogens with one attached hydrogen (secondary N) is 1. The highest BCUT2D eigenvalue weighted by Gasteiger charge is 2.37. The van der Waals surface area contributed by atoms with E-state index in [2.05, 4.69) is 10.4 Å². The molecule has 0 radical (unpaired) electrons. The number of likely N-dealkylation sites (N-methyl/N-ethyl adjacent to an activating group) is 1. The molecule has 1 aromatic heterocycles. The van der Waals surface area contributed by atoms with Gasteiger partial charge < -0.3 is 20.1 Å². The molecule has 25 heavy (non-hydrogen) atoms. The summed E-state index contributed by atoms with van der Waals surface area (Å²) in [6.07, 6.45) is 2.43. The zero-order valence-electron chi connectivity index (χ0n) is 15.2. The fourth-order valence-corrected chi connectivity index (χ4v) is 3.26. The van der Waals surface area contributed by atoms with Crippen molar-refractivity contribution in [3.05, 3.63) is 17.5 Å². The molecule has 2 rings (SSSR count). The molecule has 1 aliphatic heterocycles. The minimum atomic E-state index is -0.316. The first-order valence-electron chi connectivity index (χ1n) is 8.59. The molecule has 1 aromatic rings. The smallest absolute Gasteiger partial charge is 0.274 e. The summed E-state index contributed by atoms with van der Waals surface area (Å²) in [4.78, 5) is 26.1. The van der Waals surface area contributed by atoms with E-state index in [9.17, 15) is 14.7 Å². The van der Waals surface area contributed by atoms with E-state index < -0.39 is 0 Å². The topological polar surface area (TPSA) is 96.7 Å². The standard InChI is InChI=1S/C17H28N4O4/c1-13-9-14(19-21(13)10-15(23)18-2)16(24)20-7-4-5-17(11-20,12-22)6-8-25-3/h9,22H,4-8,10-12H2,1-3H3,(H,18,23). The number of hydrogen-bond acceptors (Lipinski definition) is 5. The molecule has 1 atom stereocenters. The number of piperidine rings is 1. The Morgan fingerprint density at radius 2 is 2.24 bits per heavy atom. The molecule has 2 heterocycles. The molecular weight excluding hydrogens is 324 g/mol. The number of aromatic nitrogens is 2. The van der Waals surface area contributed by atoms with E-state index in [1.807, 2.05) is 6.92 Å². The van der Waals surface area contributed by atoms with Crippen LogP contribution in [0.2, 0.25) is 0 Å². The molecular formula is C17H28N4O4. The zero-order chi connectivity index (χ0) is 18.4. The summed E-state index contributed by atoms with van der Waals surface area (Å²) in [6.45, 7) is 3.64. The van der Waals surface area contributed by atoms with Crippen LogP contribution in [0.25, 0.3) is 0 Å². The molecule has 0 bridgehead atoms. The van der Waals surface area contributed by atoms with Gasteiger partial charge in [0.25, 0.3) is 5.91 Å². The SMILES string of the molecule is CNC(=O)Cn1nc(C(=O)N2CCCC(CO)(CCOC)C2)cc1C. The molecule has 2 amide bonds. The highest BCUT2D eigenvalue weighted by Crippen LogP contribution is 2.33. The average Bonchev–Trinajstić information content (AvgIpc) is 2.99. The van der Waals surface area contributed by atoms with Crippen LogP contribution in [0.5, 0.6) is 0 Å². The number of methoxy groups -OCH3 is 1. The zero-order valence-corrected chi connectivity index (χ0v) is 15.2. The average molecular weight is 352 g/mol. The number of hydrogen-bond donors (Lipinski definition) is 2. The second-order valence-corrected chi connectivity index (χ2v) is 6.73. The first-order valence-corrected chi connectivity index (χ1v) is 8.59. The van der Waals surface area contributed by atoms with Crippen LogP contribution in [0.3, 0.4) is 0 Å². The summed E-state index contributed by atoms with van der Waals surface area (Å²) in [5.41, 5.74) is 0.780. The number of amides is 2. The summed E-state index contributed by atoms with van der Waals surface area (Å²) in [6, 6.07) is 1.70. The van der Waals surface area contributed by atoms with Crippen molar-refractivity contribution in [3.63, 3.8) is 0 Å². The van der Waals surface area contributed by atoms with Crippen LogP contribution in [0.4, 0.5) is 0 Å². The largest absolute Gasteiger partial charge is 0.396 e. The number of nitrogens with zero attached hydrogens (tertiary/aromatic N) is 3. The summed E-state index contributed by atoms with van der Waals surface area (Å²) >= 11 is 0. The van der Waals surface area contributed by atoms with E-state index in [1.165, 1.54) is 4.68 Å². The van der Waals surface area contributed by atoms with Gasteiger partial charge in [-0.1, -0.05) is 0 Å². The molecule has 8 heteroatoms. The van der Waals surface area contributed by atoms with Crippen molar-refractivity contribution in [3.8, 4) is 0 Å². The first-order chi connectivity index (χ1) is 11.9. The lowest BCUT2D eigenvalue weighted by Gasteiger charge is -2.41. The third-order valence-corrected chi connectivity index (χ3v) is 4.89. The molecule has 2 N–H and O–H groups in total. The fraction of sp³-hybridized carbons (Fsp3) is 0.706. The van der Waals surface area contributed by atoms with E-state index in [1.54, 1.807) is 25.1 Å². The lowest BCUT2D eigenvalue weighted by molar-refractivity contribution is -0.121. The number of likely N-dealkylation sites (tertiary alicyclic amines) is 1. The van der Waals surface area contributed by atoms with Gasteiger partial charge >= 0.3 is 0 Å². The van der Waals surface area contributed by atoms with Crippen LogP contribution in [-0.2, 0) is 16.1 Å². The van der Waals surface area contributed by atoms with Crippen LogP contribution < -0.4 is 5.32 Å². The van der Waals surface area contributed by atoms with E-state index in [0.717, 1.165) is 18.5 Å². The lowest BCUT2D eigenvalue weighted by atomic mass is 9.78. The van der Waals surface area contributed by atoms with Crippen molar-refractivity contribution >= 4 is 11.8 Å². The minimum absolute atomic E-state index is 0.0320. The van der Waals surface area contributed by atoms with Crippen molar-refractivity contribution in [2.24, 2.45) is 5.41 Å². The maximum atomic E-state index is 12.8. The van der Waals surface area contributed by atoms with Gasteiger partial charge in [0.15, 0.2) is 5.69 Å². The van der Waals surface area contributed by atoms with E-state index in [4.69, 9.17) is 4.74 Å². The van der Waals surface area contributed by atoms with E-state index >= 15 is 0 Å². The van der Waals surface area contributed by atoms with E-state index in [0.29, 0.717) is 31.8 Å². The number of carbonyl (C=O) groups excluding carboxylic acids is 2. The molecule has 1 aliphatic rings. The molecule has 140 valence electrons. The number of aliphatic hydroxyl groups excluding tert-OH is 1. The maximum Gasteiger partial charge on any atom is 0.274 e. The molecule has 1 unspecified atom stereocenters. The summed E-state index contributed by atoms with van der Waals surface area (Å²) in [5, 5.41) is 16.7. The van der Waals surface area contributed by atoms with Gasteiger partial charge in [0.05, 0.1) is 6.61 Å². The van der Waals surface area contributed by atoms with Gasteiger partial charge in [-0.15, -0.1) is 0 Å². The normalized spacial score (nSPS) is 20.6. The van der Waals surface area contributed by atoms with Crippen LogP contribution in [0.1, 0.15) is 35.4 Å². The van der Waals surface area contributed by atoms with Crippen molar-refractivity contribution in [1.82, 2.24) is 20.0 Å². The van der Waals surface area contributed by atoms with Gasteiger partial charge in [0.2, 0.25) is 5.91 Å². The highest BCUT2D eigenvalue weighted by atomic mass is 16.5. The summed E-state index contributed by atoms with van der Waals surface area (Å²) in [7, 11) is 3.20. The number of aryl methyl sites for hydroxylation is 1. The minimum Gasteiger partial charge on any atom is -0.396 e. The van der Waals surface area contributed by atoms with Crippen molar-refractivity contribution < 1.29 is 19.4 Å². The molecule has 1 saturated heterocycles. The Morgan fingerprint density at radius 3 is 2.88 bits per heavy atom. The Bertz CT molecular complexity index is 616. The van der Waals surface area contributed by atoms with Gasteiger partial charge in [-0.25, -0.2) is 0 Å². The highest BCUT2D eigenvalue weighted by molar-refractivity contribution is 5.92. The molecule has 0 spiro atoms. The van der Waals surface area contributed by atoms with Crippen LogP contribution in [0, 0.1) is 12.3 Å². The number of carbonyl (C=O) groups is 2. The molecule has 1 fully saturated rings. The Balaban J connectivity index is 2.11. The Labute approximate surface area is 148 Å². The third-order valence-electron chi connectivity index (χ3n) is 4.89. The molecule has 8 nitrogen and oxygen atoms in total. The number of aliphatic hydroxyl groups is 1. The van der Waals surface area contributed by atoms with Crippen LogP contribution in [0.15, 0.2) is 6.07 Å². The van der Waals surface area contributed by atoms with Gasteiger partial charge in [0, 0.05) is 45.0 Å². The summed E-state index contributed by atoms with van der Waals surface area (Å²) in [5.74, 6) is -0.323. The molecule has 0 saturated carbocycles. The molecule has 0 aliphatic carbocycles. The van der Waals surface area contributed by atoms with Crippen LogP contribution in [-0.4, -0.2) is 72.1 Å². The fourth-order valence-electron chi connectivity index (χ4n) is 3.26. The Morgan fingerprint density at radius 1 is 1.48 bits per heavy atom. The van der Waals surface area contributed by atoms with Gasteiger partial charge in [-0.05, 0) is 32.3 Å². The van der Waals surface area contributed by atoms with Gasteiger partial charge in [0.1, 0.15) is 6.54 Å². The van der Waals surface area contributed by atoms with Crippen LogP contribution >= 0.6 is 0 Å².